The summed E-state index contributed by atoms with van der Waals surface area (Å²) in [6.07, 6.45) is 4.30. The van der Waals surface area contributed by atoms with Gasteiger partial charge in [0.2, 0.25) is 5.91 Å². The summed E-state index contributed by atoms with van der Waals surface area (Å²) in [5, 5.41) is 1.10. The van der Waals surface area contributed by atoms with Gasteiger partial charge in [-0.05, 0) is 55.3 Å². The number of fused-ring (bicyclic) bond motifs is 2. The third-order valence-corrected chi connectivity index (χ3v) is 7.06. The van der Waals surface area contributed by atoms with E-state index in [-0.39, 0.29) is 5.91 Å². The number of amides is 1. The van der Waals surface area contributed by atoms with Crippen molar-refractivity contribution in [1.82, 2.24) is 19.9 Å². The average Bonchev–Trinajstić information content (AvgIpc) is 3.25. The molecule has 0 N–H and O–H groups in total. The topological polar surface area (TPSA) is 62.2 Å². The molecule has 0 atom stereocenters. The van der Waals surface area contributed by atoms with Crippen molar-refractivity contribution in [3.63, 3.8) is 0 Å². The third-order valence-electron chi connectivity index (χ3n) is 7.06. The van der Waals surface area contributed by atoms with E-state index in [0.717, 1.165) is 52.3 Å². The van der Waals surface area contributed by atoms with Gasteiger partial charge in [0, 0.05) is 66.7 Å². The van der Waals surface area contributed by atoms with E-state index in [1.54, 1.807) is 0 Å². The molecule has 0 bridgehead atoms. The minimum Gasteiger partial charge on any atom is -0.371 e. The Morgan fingerprint density at radius 3 is 2.71 bits per heavy atom. The number of rotatable bonds is 4. The van der Waals surface area contributed by atoms with E-state index >= 15 is 0 Å². The Kier molecular flexibility index (Phi) is 5.01. The number of carbonyl (C=O) groups is 1. The van der Waals surface area contributed by atoms with E-state index in [9.17, 15) is 4.79 Å². The Hall–Kier alpha value is -3.80. The van der Waals surface area contributed by atoms with Gasteiger partial charge >= 0.3 is 0 Å². The van der Waals surface area contributed by atoms with Crippen LogP contribution in [0.3, 0.4) is 0 Å². The molecule has 0 radical (unpaired) electrons. The molecule has 1 amide bonds. The van der Waals surface area contributed by atoms with Crippen LogP contribution in [0.25, 0.3) is 22.2 Å². The van der Waals surface area contributed by atoms with Gasteiger partial charge in [0.05, 0.1) is 23.4 Å². The maximum atomic E-state index is 13.0. The molecule has 1 aromatic carbocycles. The summed E-state index contributed by atoms with van der Waals surface area (Å²) in [5.41, 5.74) is 8.71. The lowest BCUT2D eigenvalue weighted by atomic mass is 9.94. The van der Waals surface area contributed by atoms with Crippen molar-refractivity contribution in [2.45, 2.75) is 33.4 Å². The molecular weight excluding hydrogens is 422 g/mol. The van der Waals surface area contributed by atoms with Crippen molar-refractivity contribution in [1.29, 1.82) is 0 Å². The maximum Gasteiger partial charge on any atom is 0.223 e. The highest BCUT2D eigenvalue weighted by Crippen LogP contribution is 2.33. The summed E-state index contributed by atoms with van der Waals surface area (Å²) in [5.74, 6) is 0.615. The van der Waals surface area contributed by atoms with Crippen LogP contribution >= 0.6 is 0 Å². The molecule has 6 nitrogen and oxygen atoms in total. The van der Waals surface area contributed by atoms with Gasteiger partial charge in [0.15, 0.2) is 0 Å². The molecule has 5 heterocycles. The molecule has 1 fully saturated rings. The quantitative estimate of drug-likeness (QED) is 0.453. The van der Waals surface area contributed by atoms with Crippen LogP contribution in [0, 0.1) is 19.8 Å². The molecule has 1 saturated heterocycles. The minimum absolute atomic E-state index is 0.235. The highest BCUT2D eigenvalue weighted by molar-refractivity contribution is 5.93. The molecule has 0 spiro atoms. The average molecular weight is 450 g/mol. The fourth-order valence-corrected chi connectivity index (χ4v) is 5.26. The number of benzene rings is 1. The summed E-state index contributed by atoms with van der Waals surface area (Å²) < 4.78 is 0. The normalized spacial score (nSPS) is 15.5. The van der Waals surface area contributed by atoms with Gasteiger partial charge in [0.25, 0.3) is 0 Å². The number of carbonyl (C=O) groups excluding carboxylic acids is 1. The number of nitrogens with zero attached hydrogens (tertiary/aromatic N) is 5. The van der Waals surface area contributed by atoms with Crippen LogP contribution in [0.5, 0.6) is 0 Å². The lowest BCUT2D eigenvalue weighted by molar-refractivity contribution is -0.133. The fraction of sp³-hybridized carbons (Fsp3) is 0.286. The predicted molar refractivity (Wildman–Crippen MR) is 133 cm³/mol. The third kappa shape index (κ3) is 3.69. The van der Waals surface area contributed by atoms with Crippen LogP contribution in [-0.4, -0.2) is 38.8 Å². The molecule has 2 aliphatic rings. The molecule has 3 aromatic heterocycles. The molecule has 0 saturated carbocycles. The lowest BCUT2D eigenvalue weighted by Gasteiger charge is -2.41. The summed E-state index contributed by atoms with van der Waals surface area (Å²) in [6, 6.07) is 16.5. The summed E-state index contributed by atoms with van der Waals surface area (Å²) in [7, 11) is 0. The van der Waals surface area contributed by atoms with E-state index in [0.29, 0.717) is 25.4 Å². The molecule has 0 aliphatic carbocycles. The zero-order valence-corrected chi connectivity index (χ0v) is 19.5. The smallest absolute Gasteiger partial charge is 0.223 e. The molecule has 6 rings (SSSR count). The van der Waals surface area contributed by atoms with Crippen LogP contribution in [0.15, 0.2) is 60.9 Å². The van der Waals surface area contributed by atoms with E-state index in [1.165, 1.54) is 11.1 Å². The van der Waals surface area contributed by atoms with Gasteiger partial charge in [-0.15, -0.1) is 0 Å². The second kappa shape index (κ2) is 8.20. The fourth-order valence-electron chi connectivity index (χ4n) is 5.26. The molecule has 6 heteroatoms. The van der Waals surface area contributed by atoms with Crippen molar-refractivity contribution in [2.24, 2.45) is 5.92 Å². The first-order valence-electron chi connectivity index (χ1n) is 11.8. The number of anilines is 1. The first kappa shape index (κ1) is 20.8. The molecule has 34 heavy (non-hydrogen) atoms. The lowest BCUT2D eigenvalue weighted by Crippen LogP contribution is -2.48. The Morgan fingerprint density at radius 1 is 1.00 bits per heavy atom. The van der Waals surface area contributed by atoms with Crippen molar-refractivity contribution in [2.75, 3.05) is 18.0 Å². The standard InChI is InChI=1S/C28H27N5O/c1-18-11-19(2)31-27-17-33(16-24(18)27)28(34)12-20-14-32(15-20)21-7-9-30-26(13-21)23-8-10-29-25-6-4-3-5-22(23)25/h3-11,13,20H,12,14-17H2,1-2H3. The SMILES string of the molecule is Cc1cc(C)c2c(n1)CN(C(=O)CC1CN(c3ccnc(-c4ccnc5ccccc45)c3)C1)C2. The van der Waals surface area contributed by atoms with E-state index in [4.69, 9.17) is 0 Å². The highest BCUT2D eigenvalue weighted by atomic mass is 16.2. The second-order valence-corrected chi connectivity index (χ2v) is 9.51. The largest absolute Gasteiger partial charge is 0.371 e. The van der Waals surface area contributed by atoms with Crippen LogP contribution in [0.2, 0.25) is 0 Å². The van der Waals surface area contributed by atoms with Crippen molar-refractivity contribution >= 4 is 22.5 Å². The van der Waals surface area contributed by atoms with Crippen LogP contribution in [0.4, 0.5) is 5.69 Å². The van der Waals surface area contributed by atoms with Gasteiger partial charge < -0.3 is 9.80 Å². The van der Waals surface area contributed by atoms with Crippen molar-refractivity contribution < 1.29 is 4.79 Å². The summed E-state index contributed by atoms with van der Waals surface area (Å²) >= 11 is 0. The van der Waals surface area contributed by atoms with E-state index in [1.807, 2.05) is 48.5 Å². The van der Waals surface area contributed by atoms with Gasteiger partial charge in [-0.1, -0.05) is 18.2 Å². The number of aromatic nitrogens is 3. The summed E-state index contributed by atoms with van der Waals surface area (Å²) in [4.78, 5) is 31.0. The number of pyridine rings is 3. The Balaban J connectivity index is 1.11. The van der Waals surface area contributed by atoms with Gasteiger partial charge in [-0.25, -0.2) is 0 Å². The maximum absolute atomic E-state index is 13.0. The molecule has 170 valence electrons. The number of hydrogen-bond donors (Lipinski definition) is 0. The minimum atomic E-state index is 0.235. The second-order valence-electron chi connectivity index (χ2n) is 9.51. The molecule has 4 aromatic rings. The van der Waals surface area contributed by atoms with Crippen LogP contribution < -0.4 is 4.90 Å². The van der Waals surface area contributed by atoms with Gasteiger partial charge in [0.1, 0.15) is 0 Å². The van der Waals surface area contributed by atoms with Crippen molar-refractivity contribution in [3.8, 4) is 11.3 Å². The van der Waals surface area contributed by atoms with Crippen LogP contribution in [-0.2, 0) is 17.9 Å². The zero-order valence-electron chi connectivity index (χ0n) is 19.5. The Labute approximate surface area is 199 Å². The summed E-state index contributed by atoms with van der Waals surface area (Å²) in [6.45, 7) is 7.25. The van der Waals surface area contributed by atoms with E-state index in [2.05, 4.69) is 51.0 Å². The first-order chi connectivity index (χ1) is 16.5. The van der Waals surface area contributed by atoms with E-state index < -0.39 is 0 Å². The molecular formula is C28H27N5O. The molecule has 0 unspecified atom stereocenters. The number of aryl methyl sites for hydroxylation is 2. The highest BCUT2D eigenvalue weighted by Gasteiger charge is 2.33. The zero-order chi connectivity index (χ0) is 23.2. The Morgan fingerprint density at radius 2 is 1.82 bits per heavy atom. The monoisotopic (exact) mass is 449 g/mol. The number of para-hydroxylation sites is 1. The Bertz CT molecular complexity index is 1400. The molecule has 2 aliphatic heterocycles. The number of hydrogen-bond acceptors (Lipinski definition) is 5. The first-order valence-corrected chi connectivity index (χ1v) is 11.8. The van der Waals surface area contributed by atoms with Gasteiger partial charge in [-0.2, -0.15) is 0 Å². The van der Waals surface area contributed by atoms with Crippen LogP contribution in [0.1, 0.15) is 28.9 Å². The van der Waals surface area contributed by atoms with Gasteiger partial charge in [-0.3, -0.25) is 19.7 Å². The predicted octanol–water partition coefficient (Wildman–Crippen LogP) is 4.68. The van der Waals surface area contributed by atoms with Crippen molar-refractivity contribution in [3.05, 3.63) is 83.4 Å².